The smallest absolute Gasteiger partial charge is 0.328 e. The number of hydrogen-bond acceptors (Lipinski definition) is 3. The van der Waals surface area contributed by atoms with Gasteiger partial charge in [0.2, 0.25) is 5.91 Å². The number of methoxy groups -OCH3 is 1. The van der Waals surface area contributed by atoms with E-state index >= 15 is 0 Å². The predicted octanol–water partition coefficient (Wildman–Crippen LogP) is 2.66. The van der Waals surface area contributed by atoms with Gasteiger partial charge in [-0.15, -0.1) is 0 Å². The second kappa shape index (κ2) is 6.92. The molecule has 0 aromatic carbocycles. The first-order chi connectivity index (χ1) is 8.89. The molecule has 0 aliphatic heterocycles. The van der Waals surface area contributed by atoms with Crippen molar-refractivity contribution >= 4 is 11.9 Å². The van der Waals surface area contributed by atoms with Gasteiger partial charge in [-0.2, -0.15) is 0 Å². The number of rotatable bonds is 5. The Labute approximate surface area is 116 Å². The average molecular weight is 269 g/mol. The van der Waals surface area contributed by atoms with E-state index in [4.69, 9.17) is 4.74 Å². The number of carbonyl (C=O) groups excluding carboxylic acids is 2. The highest BCUT2D eigenvalue weighted by Crippen LogP contribution is 2.36. The first kappa shape index (κ1) is 16.0. The van der Waals surface area contributed by atoms with Crippen molar-refractivity contribution < 1.29 is 14.3 Å². The molecule has 0 radical (unpaired) electrons. The second-order valence-corrected chi connectivity index (χ2v) is 6.30. The Hall–Kier alpha value is -1.06. The van der Waals surface area contributed by atoms with Gasteiger partial charge in [-0.25, -0.2) is 4.79 Å². The Morgan fingerprint density at radius 2 is 1.79 bits per heavy atom. The van der Waals surface area contributed by atoms with Gasteiger partial charge >= 0.3 is 5.97 Å². The molecule has 4 nitrogen and oxygen atoms in total. The summed E-state index contributed by atoms with van der Waals surface area (Å²) in [4.78, 5) is 24.1. The van der Waals surface area contributed by atoms with Crippen LogP contribution in [-0.2, 0) is 14.3 Å². The fourth-order valence-electron chi connectivity index (χ4n) is 2.72. The van der Waals surface area contributed by atoms with E-state index in [1.807, 2.05) is 20.8 Å². The first-order valence-corrected chi connectivity index (χ1v) is 7.28. The molecule has 1 aliphatic carbocycles. The molecule has 0 bridgehead atoms. The quantitative estimate of drug-likeness (QED) is 0.781. The van der Waals surface area contributed by atoms with Crippen molar-refractivity contribution in [2.24, 2.45) is 11.3 Å². The number of ether oxygens (including phenoxy) is 1. The summed E-state index contributed by atoms with van der Waals surface area (Å²) in [5.74, 6) is -0.00623. The van der Waals surface area contributed by atoms with Crippen LogP contribution in [0.5, 0.6) is 0 Å². The summed E-state index contributed by atoms with van der Waals surface area (Å²) in [6.07, 6.45) is 5.83. The van der Waals surface area contributed by atoms with Crippen LogP contribution in [0.25, 0.3) is 0 Å². The average Bonchev–Trinajstić information content (AvgIpc) is 2.37. The van der Waals surface area contributed by atoms with Crippen LogP contribution in [0, 0.1) is 11.3 Å². The van der Waals surface area contributed by atoms with Crippen molar-refractivity contribution in [1.29, 1.82) is 0 Å². The van der Waals surface area contributed by atoms with Crippen LogP contribution in [0.3, 0.4) is 0 Å². The van der Waals surface area contributed by atoms with Gasteiger partial charge in [0.1, 0.15) is 6.04 Å². The van der Waals surface area contributed by atoms with Gasteiger partial charge in [0, 0.05) is 5.41 Å². The number of nitrogens with one attached hydrogen (secondary N) is 1. The van der Waals surface area contributed by atoms with Crippen LogP contribution in [-0.4, -0.2) is 25.0 Å². The van der Waals surface area contributed by atoms with Crippen molar-refractivity contribution in [3.05, 3.63) is 0 Å². The third kappa shape index (κ3) is 4.51. The van der Waals surface area contributed by atoms with Gasteiger partial charge < -0.3 is 10.1 Å². The molecule has 110 valence electrons. The molecule has 1 rings (SSSR count). The van der Waals surface area contributed by atoms with Crippen LogP contribution in [0.4, 0.5) is 0 Å². The largest absolute Gasteiger partial charge is 0.467 e. The lowest BCUT2D eigenvalue weighted by Gasteiger charge is -2.33. The molecule has 1 N–H and O–H groups in total. The maximum atomic E-state index is 12.4. The molecule has 0 aromatic rings. The van der Waals surface area contributed by atoms with E-state index in [0.29, 0.717) is 12.3 Å². The number of amides is 1. The molecule has 1 amide bonds. The lowest BCUT2D eigenvalue weighted by molar-refractivity contribution is -0.147. The van der Waals surface area contributed by atoms with E-state index in [1.165, 1.54) is 13.5 Å². The molecule has 1 saturated carbocycles. The van der Waals surface area contributed by atoms with Crippen molar-refractivity contribution in [2.45, 2.75) is 65.3 Å². The van der Waals surface area contributed by atoms with Crippen molar-refractivity contribution in [3.63, 3.8) is 0 Å². The van der Waals surface area contributed by atoms with Crippen LogP contribution in [0.1, 0.15) is 59.3 Å². The third-order valence-corrected chi connectivity index (χ3v) is 4.00. The molecule has 19 heavy (non-hydrogen) atoms. The van der Waals surface area contributed by atoms with Gasteiger partial charge in [0.05, 0.1) is 7.11 Å². The molecular formula is C15H27NO3. The zero-order valence-electron chi connectivity index (χ0n) is 12.6. The maximum Gasteiger partial charge on any atom is 0.328 e. The number of esters is 1. The zero-order chi connectivity index (χ0) is 14.5. The Bertz CT molecular complexity index is 319. The highest BCUT2D eigenvalue weighted by molar-refractivity contribution is 5.87. The standard InChI is InChI=1S/C15H27NO3/c1-11(2)10-12(13(17)19-4)16-14(18)15(3)8-6-5-7-9-15/h11-12H,5-10H2,1-4H3,(H,16,18). The molecule has 0 saturated heterocycles. The summed E-state index contributed by atoms with van der Waals surface area (Å²) < 4.78 is 4.78. The van der Waals surface area contributed by atoms with E-state index in [2.05, 4.69) is 5.32 Å². The highest BCUT2D eigenvalue weighted by Gasteiger charge is 2.36. The van der Waals surface area contributed by atoms with Crippen LogP contribution < -0.4 is 5.32 Å². The normalized spacial score (nSPS) is 19.8. The van der Waals surface area contributed by atoms with E-state index in [1.54, 1.807) is 0 Å². The van der Waals surface area contributed by atoms with E-state index in [9.17, 15) is 9.59 Å². The number of carbonyl (C=O) groups is 2. The van der Waals surface area contributed by atoms with E-state index in [0.717, 1.165) is 25.7 Å². The monoisotopic (exact) mass is 269 g/mol. The van der Waals surface area contributed by atoms with Gasteiger partial charge in [0.25, 0.3) is 0 Å². The summed E-state index contributed by atoms with van der Waals surface area (Å²) in [7, 11) is 1.37. The molecule has 1 fully saturated rings. The summed E-state index contributed by atoms with van der Waals surface area (Å²) in [6.45, 7) is 6.07. The summed E-state index contributed by atoms with van der Waals surface area (Å²) in [6, 6.07) is -0.517. The lowest BCUT2D eigenvalue weighted by atomic mass is 9.75. The van der Waals surface area contributed by atoms with Gasteiger partial charge in [-0.3, -0.25) is 4.79 Å². The minimum Gasteiger partial charge on any atom is -0.467 e. The Balaban J connectivity index is 2.66. The van der Waals surface area contributed by atoms with Gasteiger partial charge in [-0.1, -0.05) is 40.0 Å². The molecule has 0 heterocycles. The van der Waals surface area contributed by atoms with Crippen LogP contribution >= 0.6 is 0 Å². The summed E-state index contributed by atoms with van der Waals surface area (Å²) in [5.41, 5.74) is -0.318. The molecule has 0 aromatic heterocycles. The second-order valence-electron chi connectivity index (χ2n) is 6.30. The van der Waals surface area contributed by atoms with Crippen molar-refractivity contribution in [2.75, 3.05) is 7.11 Å². The first-order valence-electron chi connectivity index (χ1n) is 7.28. The summed E-state index contributed by atoms with van der Waals surface area (Å²) in [5, 5.41) is 2.90. The topological polar surface area (TPSA) is 55.4 Å². The molecule has 0 spiro atoms. The van der Waals surface area contributed by atoms with Crippen molar-refractivity contribution in [1.82, 2.24) is 5.32 Å². The molecule has 1 aliphatic rings. The lowest BCUT2D eigenvalue weighted by Crippen LogP contribution is -2.49. The SMILES string of the molecule is COC(=O)C(CC(C)C)NC(=O)C1(C)CCCCC1. The fraction of sp³-hybridized carbons (Fsp3) is 0.867. The van der Waals surface area contributed by atoms with Gasteiger partial charge in [0.15, 0.2) is 0 Å². The minimum absolute atomic E-state index is 0.00301. The van der Waals surface area contributed by atoms with Gasteiger partial charge in [-0.05, 0) is 25.2 Å². The zero-order valence-corrected chi connectivity index (χ0v) is 12.6. The molecule has 1 unspecified atom stereocenters. The van der Waals surface area contributed by atoms with Crippen LogP contribution in [0.15, 0.2) is 0 Å². The Morgan fingerprint density at radius 1 is 1.21 bits per heavy atom. The highest BCUT2D eigenvalue weighted by atomic mass is 16.5. The third-order valence-electron chi connectivity index (χ3n) is 4.00. The Kier molecular flexibility index (Phi) is 5.83. The van der Waals surface area contributed by atoms with E-state index in [-0.39, 0.29) is 17.3 Å². The minimum atomic E-state index is -0.517. The molecular weight excluding hydrogens is 242 g/mol. The summed E-state index contributed by atoms with van der Waals surface area (Å²) >= 11 is 0. The predicted molar refractivity (Wildman–Crippen MR) is 74.6 cm³/mol. The molecule has 4 heteroatoms. The Morgan fingerprint density at radius 3 is 2.26 bits per heavy atom. The van der Waals surface area contributed by atoms with Crippen LogP contribution in [0.2, 0.25) is 0 Å². The maximum absolute atomic E-state index is 12.4. The number of hydrogen-bond donors (Lipinski definition) is 1. The van der Waals surface area contributed by atoms with Crippen molar-refractivity contribution in [3.8, 4) is 0 Å². The molecule has 1 atom stereocenters. The van der Waals surface area contributed by atoms with E-state index < -0.39 is 6.04 Å². The fourth-order valence-corrected chi connectivity index (χ4v) is 2.72.